The highest BCUT2D eigenvalue weighted by atomic mass is 33.1. The first-order valence-electron chi connectivity index (χ1n) is 18.0. The maximum absolute atomic E-state index is 13.0. The van der Waals surface area contributed by atoms with Crippen LogP contribution >= 0.6 is 21.6 Å². The number of methoxy groups -OCH3 is 2. The van der Waals surface area contributed by atoms with E-state index in [-0.39, 0.29) is 24.7 Å². The molecule has 2 unspecified atom stereocenters. The molecule has 2 aromatic carbocycles. The lowest BCUT2D eigenvalue weighted by Gasteiger charge is -2.40. The molecule has 0 saturated carbocycles. The lowest BCUT2D eigenvalue weighted by Crippen LogP contribution is -2.52. The molecular weight excluding hydrogens is 737 g/mol. The highest BCUT2D eigenvalue weighted by molar-refractivity contribution is 8.76. The largest absolute Gasteiger partial charge is 0.497 e. The number of rotatable bonds is 19. The van der Waals surface area contributed by atoms with Gasteiger partial charge in [-0.05, 0) is 24.3 Å². The highest BCUT2D eigenvalue weighted by Crippen LogP contribution is 2.38. The van der Waals surface area contributed by atoms with Crippen LogP contribution in [0.15, 0.2) is 48.5 Å². The summed E-state index contributed by atoms with van der Waals surface area (Å²) in [4.78, 5) is 51.1. The average molecular weight is 791 g/mol. The molecule has 54 heavy (non-hydrogen) atoms. The van der Waals surface area contributed by atoms with Gasteiger partial charge in [0.25, 0.3) is 11.8 Å². The first-order valence-corrected chi connectivity index (χ1v) is 20.5. The second kappa shape index (κ2) is 21.2. The predicted octanol–water partition coefficient (Wildman–Crippen LogP) is 3.91. The molecule has 2 aliphatic heterocycles. The Morgan fingerprint density at radius 2 is 1.00 bits per heavy atom. The van der Waals surface area contributed by atoms with Crippen molar-refractivity contribution in [1.82, 2.24) is 21.3 Å². The van der Waals surface area contributed by atoms with Crippen molar-refractivity contribution in [1.29, 1.82) is 0 Å². The van der Waals surface area contributed by atoms with Crippen LogP contribution in [0, 0.1) is 10.8 Å². The van der Waals surface area contributed by atoms with E-state index in [1.54, 1.807) is 60.1 Å². The predicted molar refractivity (Wildman–Crippen MR) is 207 cm³/mol. The van der Waals surface area contributed by atoms with Gasteiger partial charge in [-0.2, -0.15) is 0 Å². The molecule has 2 aliphatic rings. The Bertz CT molecular complexity index is 1410. The van der Waals surface area contributed by atoms with Crippen molar-refractivity contribution in [3.05, 3.63) is 59.7 Å². The van der Waals surface area contributed by atoms with E-state index in [1.165, 1.54) is 0 Å². The van der Waals surface area contributed by atoms with Gasteiger partial charge < -0.3 is 39.1 Å². The van der Waals surface area contributed by atoms with Gasteiger partial charge in [0.05, 0.1) is 27.4 Å². The summed E-state index contributed by atoms with van der Waals surface area (Å²) in [6.07, 6.45) is -2.85. The molecular formula is C38H54N4O10S2. The smallest absolute Gasteiger partial charge is 0.256 e. The monoisotopic (exact) mass is 790 g/mol. The Kier molecular flexibility index (Phi) is 17.1. The number of ether oxygens (including phenoxy) is 6. The molecule has 16 heteroatoms. The molecule has 2 saturated heterocycles. The SMILES string of the molecule is COc1ccc(C2OCC(C)(C)[C@H](C(=O)NC(=O)CCNCCSSCCNCCC(=O)NC(=O)[C@@H]3OC(c4ccc(OC)cc4)OCC3(C)C)O2)cc1. The van der Waals surface area contributed by atoms with Gasteiger partial charge >= 0.3 is 0 Å². The number of nitrogens with one attached hydrogen (secondary N) is 4. The van der Waals surface area contributed by atoms with Gasteiger partial charge in [0.2, 0.25) is 11.8 Å². The third-order valence-corrected chi connectivity index (χ3v) is 11.2. The molecule has 4 amide bonds. The zero-order valence-corrected chi connectivity index (χ0v) is 33.5. The minimum Gasteiger partial charge on any atom is -0.497 e. The van der Waals surface area contributed by atoms with Crippen molar-refractivity contribution in [2.24, 2.45) is 10.8 Å². The van der Waals surface area contributed by atoms with Gasteiger partial charge in [-0.3, -0.25) is 29.8 Å². The van der Waals surface area contributed by atoms with E-state index in [1.807, 2.05) is 52.0 Å². The Balaban J connectivity index is 1.01. The fourth-order valence-electron chi connectivity index (χ4n) is 5.66. The molecule has 0 aromatic heterocycles. The fraction of sp³-hybridized carbons (Fsp3) is 0.579. The number of benzene rings is 2. The highest BCUT2D eigenvalue weighted by Gasteiger charge is 2.45. The fourth-order valence-corrected chi connectivity index (χ4v) is 7.56. The van der Waals surface area contributed by atoms with Crippen LogP contribution in [0.25, 0.3) is 0 Å². The lowest BCUT2D eigenvalue weighted by molar-refractivity contribution is -0.258. The molecule has 2 aromatic rings. The van der Waals surface area contributed by atoms with E-state index < -0.39 is 47.4 Å². The molecule has 298 valence electrons. The molecule has 4 N–H and O–H groups in total. The summed E-state index contributed by atoms with van der Waals surface area (Å²) in [5.41, 5.74) is 0.280. The molecule has 4 rings (SSSR count). The molecule has 14 nitrogen and oxygen atoms in total. The quantitative estimate of drug-likeness (QED) is 0.119. The zero-order chi connectivity index (χ0) is 39.1. The first-order chi connectivity index (χ1) is 25.8. The normalized spacial score (nSPS) is 21.8. The van der Waals surface area contributed by atoms with Gasteiger partial charge in [-0.1, -0.05) is 73.5 Å². The van der Waals surface area contributed by atoms with Crippen molar-refractivity contribution in [2.45, 2.75) is 65.3 Å². The Morgan fingerprint density at radius 1 is 0.630 bits per heavy atom. The molecule has 2 fully saturated rings. The first kappa shape index (κ1) is 43.5. The van der Waals surface area contributed by atoms with Crippen LogP contribution < -0.4 is 30.7 Å². The minimum atomic E-state index is -0.857. The zero-order valence-electron chi connectivity index (χ0n) is 31.9. The van der Waals surface area contributed by atoms with Crippen molar-refractivity contribution >= 4 is 45.2 Å². The van der Waals surface area contributed by atoms with Gasteiger partial charge in [0.15, 0.2) is 12.6 Å². The molecule has 4 atom stereocenters. The van der Waals surface area contributed by atoms with E-state index in [4.69, 9.17) is 28.4 Å². The maximum Gasteiger partial charge on any atom is 0.256 e. The molecule has 0 aliphatic carbocycles. The Labute approximate surface area is 325 Å². The second-order valence-electron chi connectivity index (χ2n) is 14.3. The number of hydrogen-bond donors (Lipinski definition) is 4. The summed E-state index contributed by atoms with van der Waals surface area (Å²) in [6, 6.07) is 14.5. The summed E-state index contributed by atoms with van der Waals surface area (Å²) in [5.74, 6) is 1.37. The van der Waals surface area contributed by atoms with Crippen molar-refractivity contribution in [3.63, 3.8) is 0 Å². The van der Waals surface area contributed by atoms with E-state index in [0.717, 1.165) is 22.6 Å². The summed E-state index contributed by atoms with van der Waals surface area (Å²) in [7, 11) is 6.57. The molecule has 0 spiro atoms. The van der Waals surface area contributed by atoms with Crippen LogP contribution in [-0.4, -0.2) is 101 Å². The number of carbonyl (C=O) groups is 4. The average Bonchev–Trinajstić information content (AvgIpc) is 3.15. The topological polar surface area (TPSA) is 172 Å². The minimum absolute atomic E-state index is 0.155. The van der Waals surface area contributed by atoms with Crippen molar-refractivity contribution in [2.75, 3.05) is 65.1 Å². The van der Waals surface area contributed by atoms with E-state index in [9.17, 15) is 19.2 Å². The van der Waals surface area contributed by atoms with Gasteiger partial charge in [0, 0.05) is 72.5 Å². The van der Waals surface area contributed by atoms with Crippen LogP contribution in [0.1, 0.15) is 64.2 Å². The van der Waals surface area contributed by atoms with Crippen molar-refractivity contribution < 1.29 is 47.6 Å². The standard InChI is InChI=1S/C38H54N4O10S2/c1-37(2)23-49-35(25-7-11-27(47-5)12-8-25)51-31(37)33(45)41-29(43)15-17-39-19-21-53-54-22-20-40-18-16-30(44)42-34(46)32-38(3,4)24-50-36(52-32)26-9-13-28(48-6)14-10-26/h7-14,31-32,35-36,39-40H,15-24H2,1-6H3,(H,41,43,45)(H,42,44,46)/t31-,32-,35?,36?/m0/s1. The number of amides is 4. The van der Waals surface area contributed by atoms with Crippen LogP contribution in [0.3, 0.4) is 0 Å². The van der Waals surface area contributed by atoms with Crippen LogP contribution in [-0.2, 0) is 38.1 Å². The number of hydrogen-bond acceptors (Lipinski definition) is 14. The van der Waals surface area contributed by atoms with E-state index in [0.29, 0.717) is 50.9 Å². The summed E-state index contributed by atoms with van der Waals surface area (Å²) < 4.78 is 34.2. The maximum atomic E-state index is 13.0. The molecule has 2 heterocycles. The third kappa shape index (κ3) is 13.2. The Morgan fingerprint density at radius 3 is 1.35 bits per heavy atom. The summed E-state index contributed by atoms with van der Waals surface area (Å²) >= 11 is 0. The summed E-state index contributed by atoms with van der Waals surface area (Å²) in [5, 5.41) is 11.4. The number of carbonyl (C=O) groups excluding carboxylic acids is 4. The van der Waals surface area contributed by atoms with Gasteiger partial charge in [-0.25, -0.2) is 0 Å². The number of imide groups is 2. The van der Waals surface area contributed by atoms with Crippen LogP contribution in [0.2, 0.25) is 0 Å². The van der Waals surface area contributed by atoms with Gasteiger partial charge in [0.1, 0.15) is 23.7 Å². The van der Waals surface area contributed by atoms with E-state index in [2.05, 4.69) is 21.3 Å². The second-order valence-corrected chi connectivity index (χ2v) is 17.0. The van der Waals surface area contributed by atoms with Crippen LogP contribution in [0.4, 0.5) is 0 Å². The summed E-state index contributed by atoms with van der Waals surface area (Å²) in [6.45, 7) is 10.3. The van der Waals surface area contributed by atoms with Crippen molar-refractivity contribution in [3.8, 4) is 11.5 Å². The molecule has 0 bridgehead atoms. The third-order valence-electron chi connectivity index (χ3n) is 8.80. The lowest BCUT2D eigenvalue weighted by atomic mass is 9.85. The van der Waals surface area contributed by atoms with Crippen LogP contribution in [0.5, 0.6) is 11.5 Å². The Hall–Kier alpha value is -3.22. The van der Waals surface area contributed by atoms with Gasteiger partial charge in [-0.15, -0.1) is 0 Å². The van der Waals surface area contributed by atoms with E-state index >= 15 is 0 Å². The molecule has 0 radical (unpaired) electrons.